The van der Waals surface area contributed by atoms with E-state index in [2.05, 4.69) is 5.32 Å². The molecule has 1 aliphatic heterocycles. The molecule has 0 fully saturated rings. The van der Waals surface area contributed by atoms with E-state index in [4.69, 9.17) is 9.47 Å². The summed E-state index contributed by atoms with van der Waals surface area (Å²) in [7, 11) is -1.49. The lowest BCUT2D eigenvalue weighted by atomic mass is 10.0. The van der Waals surface area contributed by atoms with Crippen molar-refractivity contribution in [2.75, 3.05) is 44.3 Å². The van der Waals surface area contributed by atoms with Crippen molar-refractivity contribution in [3.8, 4) is 5.75 Å². The summed E-state index contributed by atoms with van der Waals surface area (Å²) in [6, 6.07) is 3.66. The van der Waals surface area contributed by atoms with Gasteiger partial charge in [-0.25, -0.2) is 8.42 Å². The number of hydrogen-bond acceptors (Lipinski definition) is 6. The topological polar surface area (TPSA) is 97.0 Å². The number of nitrogens with zero attached hydrogens (tertiary/aromatic N) is 1. The summed E-state index contributed by atoms with van der Waals surface area (Å²) < 4.78 is 74.2. The zero-order chi connectivity index (χ0) is 23.4. The summed E-state index contributed by atoms with van der Waals surface area (Å²) in [4.78, 5) is 14.4. The number of fused-ring (bicyclic) bond motifs is 1. The summed E-state index contributed by atoms with van der Waals surface area (Å²) in [5.41, 5.74) is 0.0334. The average molecular weight is 468 g/mol. The summed E-state index contributed by atoms with van der Waals surface area (Å²) in [6.07, 6.45) is -5.10. The minimum atomic E-state index is -4.88. The molecule has 0 saturated carbocycles. The van der Waals surface area contributed by atoms with Gasteiger partial charge in [0.1, 0.15) is 12.4 Å². The van der Waals surface area contributed by atoms with Crippen molar-refractivity contribution in [2.45, 2.75) is 32.2 Å². The second kappa shape index (κ2) is 10.0. The Hall–Kier alpha value is -2.05. The van der Waals surface area contributed by atoms with Crippen molar-refractivity contribution in [3.63, 3.8) is 0 Å². The van der Waals surface area contributed by atoms with Crippen molar-refractivity contribution >= 4 is 21.6 Å². The lowest BCUT2D eigenvalue weighted by molar-refractivity contribution is -0.106. The van der Waals surface area contributed by atoms with Gasteiger partial charge in [0, 0.05) is 39.4 Å². The van der Waals surface area contributed by atoms with Gasteiger partial charge in [0.15, 0.2) is 5.75 Å². The van der Waals surface area contributed by atoms with Gasteiger partial charge in [0.05, 0.1) is 17.4 Å². The van der Waals surface area contributed by atoms with Crippen LogP contribution in [0.25, 0.3) is 0 Å². The third kappa shape index (κ3) is 7.54. The minimum absolute atomic E-state index is 0.0697. The van der Waals surface area contributed by atoms with Gasteiger partial charge in [-0.2, -0.15) is 13.2 Å². The molecule has 0 unspecified atom stereocenters. The minimum Gasteiger partial charge on any atom is -0.491 e. The van der Waals surface area contributed by atoms with E-state index in [9.17, 15) is 26.4 Å². The number of methoxy groups -OCH3 is 1. The number of sulfonamides is 1. The maximum atomic E-state index is 13.0. The van der Waals surface area contributed by atoms with Crippen molar-refractivity contribution < 1.29 is 35.9 Å². The number of anilines is 1. The fraction of sp³-hybridized carbons (Fsp3) is 0.632. The quantitative estimate of drug-likeness (QED) is 0.704. The number of likely N-dealkylation sites (N-methyl/N-ethyl adjacent to an activating group) is 1. The third-order valence-electron chi connectivity index (χ3n) is 4.85. The van der Waals surface area contributed by atoms with Crippen molar-refractivity contribution in [1.82, 2.24) is 10.2 Å². The fourth-order valence-electron chi connectivity index (χ4n) is 3.15. The molecule has 0 aromatic heterocycles. The highest BCUT2D eigenvalue weighted by Gasteiger charge is 2.35. The molecule has 1 aromatic rings. The largest absolute Gasteiger partial charge is 0.491 e. The van der Waals surface area contributed by atoms with Gasteiger partial charge in [0.2, 0.25) is 10.0 Å². The van der Waals surface area contributed by atoms with Crippen molar-refractivity contribution in [1.29, 1.82) is 0 Å². The van der Waals surface area contributed by atoms with Crippen LogP contribution in [-0.2, 0) is 14.8 Å². The lowest BCUT2D eigenvalue weighted by Gasteiger charge is -2.30. The highest BCUT2D eigenvalue weighted by Crippen LogP contribution is 2.27. The van der Waals surface area contributed by atoms with Crippen LogP contribution >= 0.6 is 0 Å². The van der Waals surface area contributed by atoms with Gasteiger partial charge in [-0.15, -0.1) is 0 Å². The van der Waals surface area contributed by atoms with Gasteiger partial charge < -0.3 is 19.7 Å². The first kappa shape index (κ1) is 25.2. The molecule has 2 N–H and O–H groups in total. The molecule has 1 amide bonds. The number of hydrogen-bond donors (Lipinski definition) is 2. The second-order valence-corrected chi connectivity index (χ2v) is 9.47. The van der Waals surface area contributed by atoms with Crippen LogP contribution in [0.4, 0.5) is 18.9 Å². The van der Waals surface area contributed by atoms with Crippen LogP contribution in [0.2, 0.25) is 0 Å². The number of amides is 1. The van der Waals surface area contributed by atoms with Crippen molar-refractivity contribution in [2.24, 2.45) is 5.92 Å². The Bertz CT molecular complexity index is 879. The fourth-order valence-corrected chi connectivity index (χ4v) is 4.14. The summed E-state index contributed by atoms with van der Waals surface area (Å²) in [5, 5.41) is 3.30. The first-order valence-electron chi connectivity index (χ1n) is 9.67. The van der Waals surface area contributed by atoms with Gasteiger partial charge in [-0.05, 0) is 25.0 Å². The molecule has 0 spiro atoms. The maximum absolute atomic E-state index is 13.0. The van der Waals surface area contributed by atoms with Gasteiger partial charge in [-0.1, -0.05) is 6.92 Å². The molecular weight excluding hydrogens is 439 g/mol. The number of carbonyl (C=O) groups excluding carboxylic acids is 1. The normalized spacial score (nSPS) is 23.9. The summed E-state index contributed by atoms with van der Waals surface area (Å²) in [6.45, 7) is 4.98. The van der Waals surface area contributed by atoms with Crippen LogP contribution in [0.1, 0.15) is 24.2 Å². The van der Waals surface area contributed by atoms with E-state index in [0.29, 0.717) is 13.1 Å². The monoisotopic (exact) mass is 467 g/mol. The number of benzene rings is 1. The van der Waals surface area contributed by atoms with Crippen LogP contribution in [0.3, 0.4) is 0 Å². The van der Waals surface area contributed by atoms with Gasteiger partial charge in [-0.3, -0.25) is 9.52 Å². The van der Waals surface area contributed by atoms with E-state index in [1.807, 2.05) is 18.6 Å². The highest BCUT2D eigenvalue weighted by molar-refractivity contribution is 7.92. The van der Waals surface area contributed by atoms with E-state index < -0.39 is 22.0 Å². The standard InChI is InChI=1S/C19H28F3N3O5S/c1-12-8-23-13(2)10-30-16-7-14(24-31(27,28)11-19(20,21)22)5-6-15(16)18(26)25(3)9-17(12)29-4/h5-7,12-13,17,23-24H,8-11H2,1-4H3/t12-,13-,17-/m0/s1. The van der Waals surface area contributed by atoms with E-state index >= 15 is 0 Å². The zero-order valence-electron chi connectivity index (χ0n) is 17.8. The Balaban J connectivity index is 2.35. The van der Waals surface area contributed by atoms with E-state index in [1.165, 1.54) is 23.1 Å². The number of nitrogens with one attached hydrogen (secondary N) is 2. The van der Waals surface area contributed by atoms with Crippen molar-refractivity contribution in [3.05, 3.63) is 23.8 Å². The first-order chi connectivity index (χ1) is 14.3. The van der Waals surface area contributed by atoms with Crippen LogP contribution in [0.15, 0.2) is 18.2 Å². The summed E-state index contributed by atoms with van der Waals surface area (Å²) in [5.74, 6) is -2.21. The molecule has 31 heavy (non-hydrogen) atoms. The molecule has 0 bridgehead atoms. The zero-order valence-corrected chi connectivity index (χ0v) is 18.6. The highest BCUT2D eigenvalue weighted by atomic mass is 32.2. The molecule has 0 saturated heterocycles. The molecule has 1 aliphatic rings. The predicted octanol–water partition coefficient (Wildman–Crippen LogP) is 2.08. The number of ether oxygens (including phenoxy) is 2. The Labute approximate surface area is 180 Å². The predicted molar refractivity (Wildman–Crippen MR) is 110 cm³/mol. The molecule has 3 atom stereocenters. The van der Waals surface area contributed by atoms with Gasteiger partial charge >= 0.3 is 6.18 Å². The average Bonchev–Trinajstić information content (AvgIpc) is 2.65. The molecule has 1 aromatic carbocycles. The molecule has 1 heterocycles. The molecule has 176 valence electrons. The number of carbonyl (C=O) groups is 1. The number of halogens is 3. The molecular formula is C19H28F3N3O5S. The van der Waals surface area contributed by atoms with Crippen LogP contribution in [0, 0.1) is 5.92 Å². The Kier molecular flexibility index (Phi) is 8.17. The van der Waals surface area contributed by atoms with Gasteiger partial charge in [0.25, 0.3) is 5.91 Å². The van der Waals surface area contributed by atoms with Crippen LogP contribution < -0.4 is 14.8 Å². The molecule has 12 heteroatoms. The summed E-state index contributed by atoms with van der Waals surface area (Å²) >= 11 is 0. The molecule has 0 aliphatic carbocycles. The van der Waals surface area contributed by atoms with Crippen LogP contribution in [0.5, 0.6) is 5.75 Å². The Morgan fingerprint density at radius 2 is 2.00 bits per heavy atom. The molecule has 0 radical (unpaired) electrons. The van der Waals surface area contributed by atoms with Crippen LogP contribution in [-0.4, -0.2) is 77.2 Å². The number of alkyl halides is 3. The smallest absolute Gasteiger partial charge is 0.404 e. The number of rotatable bonds is 4. The SMILES string of the molecule is CO[C@H]1CN(C)C(=O)c2ccc(NS(=O)(=O)CC(F)(F)F)cc2OC[C@H](C)NC[C@@H]1C. The first-order valence-corrected chi connectivity index (χ1v) is 11.3. The van der Waals surface area contributed by atoms with E-state index in [1.54, 1.807) is 14.2 Å². The third-order valence-corrected chi connectivity index (χ3v) is 6.11. The Morgan fingerprint density at radius 3 is 2.61 bits per heavy atom. The van der Waals surface area contributed by atoms with E-state index in [0.717, 1.165) is 0 Å². The molecule has 8 nitrogen and oxygen atoms in total. The second-order valence-electron chi connectivity index (χ2n) is 7.74. The van der Waals surface area contributed by atoms with E-state index in [-0.39, 0.29) is 47.6 Å². The lowest BCUT2D eigenvalue weighted by Crippen LogP contribution is -2.44. The Morgan fingerprint density at radius 1 is 1.32 bits per heavy atom. The maximum Gasteiger partial charge on any atom is 0.404 e. The molecule has 2 rings (SSSR count).